The third-order valence-electron chi connectivity index (χ3n) is 7.90. The Morgan fingerprint density at radius 2 is 1.86 bits per heavy atom. The van der Waals surface area contributed by atoms with Crippen LogP contribution in [-0.2, 0) is 29.1 Å². The van der Waals surface area contributed by atoms with Gasteiger partial charge in [-0.15, -0.1) is 0 Å². The van der Waals surface area contributed by atoms with Crippen molar-refractivity contribution in [3.8, 4) is 5.75 Å². The second-order valence-corrected chi connectivity index (χ2v) is 14.0. The Bertz CT molecular complexity index is 1370. The van der Waals surface area contributed by atoms with Crippen LogP contribution in [-0.4, -0.2) is 74.0 Å². The number of carbonyl (C=O) groups excluding carboxylic acids is 4. The molecular formula is C30H42N4O8S. The number of sulfonamides is 1. The van der Waals surface area contributed by atoms with E-state index in [9.17, 15) is 27.6 Å². The molecule has 3 aliphatic rings. The molecule has 0 radical (unpaired) electrons. The largest absolute Gasteiger partial charge is 0.497 e. The zero-order valence-corrected chi connectivity index (χ0v) is 26.0. The number of carbonyl (C=O) groups is 4. The van der Waals surface area contributed by atoms with Crippen molar-refractivity contribution in [2.24, 2.45) is 5.92 Å². The molecule has 1 saturated carbocycles. The zero-order chi connectivity index (χ0) is 31.4. The summed E-state index contributed by atoms with van der Waals surface area (Å²) in [5.74, 6) is -1.87. The molecule has 0 spiro atoms. The van der Waals surface area contributed by atoms with Crippen LogP contribution in [0.25, 0.3) is 0 Å². The van der Waals surface area contributed by atoms with E-state index in [0.717, 1.165) is 12.8 Å². The van der Waals surface area contributed by atoms with Gasteiger partial charge in [-0.05, 0) is 71.4 Å². The van der Waals surface area contributed by atoms with Crippen LogP contribution in [0, 0.1) is 5.92 Å². The average Bonchev–Trinajstić information content (AvgIpc) is 3.39. The third-order valence-corrected chi connectivity index (χ3v) is 9.23. The van der Waals surface area contributed by atoms with Crippen LogP contribution in [0.3, 0.4) is 0 Å². The third kappa shape index (κ3) is 7.87. The highest BCUT2D eigenvalue weighted by atomic mass is 32.2. The number of amides is 4. The SMILES string of the molecule is COc1cccc(S(=O)(=O)NC(=O)[C@@]23C[C@H]2C=CCCCCC[C@H](NC(=O)OC(C)(C)C)C(=O)N2CCC[C@H]2C(=O)N3)c1. The molecule has 1 aromatic carbocycles. The minimum Gasteiger partial charge on any atom is -0.497 e. The first-order valence-electron chi connectivity index (χ1n) is 14.8. The van der Waals surface area contributed by atoms with Gasteiger partial charge in [-0.3, -0.25) is 14.4 Å². The van der Waals surface area contributed by atoms with Gasteiger partial charge in [-0.1, -0.05) is 31.1 Å². The number of ether oxygens (including phenoxy) is 2. The monoisotopic (exact) mass is 618 g/mol. The van der Waals surface area contributed by atoms with Gasteiger partial charge in [-0.2, -0.15) is 0 Å². The molecule has 4 atom stereocenters. The average molecular weight is 619 g/mol. The highest BCUT2D eigenvalue weighted by Gasteiger charge is 2.61. The molecule has 13 heteroatoms. The fourth-order valence-electron chi connectivity index (χ4n) is 5.58. The molecule has 1 aromatic rings. The van der Waals surface area contributed by atoms with Crippen LogP contribution < -0.4 is 20.1 Å². The Morgan fingerprint density at radius 3 is 2.58 bits per heavy atom. The molecule has 236 valence electrons. The summed E-state index contributed by atoms with van der Waals surface area (Å²) in [5.41, 5.74) is -2.23. The number of nitrogens with one attached hydrogen (secondary N) is 3. The predicted molar refractivity (Wildman–Crippen MR) is 157 cm³/mol. The highest BCUT2D eigenvalue weighted by molar-refractivity contribution is 7.90. The molecule has 43 heavy (non-hydrogen) atoms. The molecule has 4 amide bonds. The first-order chi connectivity index (χ1) is 20.3. The first-order valence-corrected chi connectivity index (χ1v) is 16.2. The fourth-order valence-corrected chi connectivity index (χ4v) is 6.66. The number of nitrogens with zero attached hydrogens (tertiary/aromatic N) is 1. The van der Waals surface area contributed by atoms with Gasteiger partial charge >= 0.3 is 6.09 Å². The summed E-state index contributed by atoms with van der Waals surface area (Å²) in [7, 11) is -2.86. The van der Waals surface area contributed by atoms with Crippen molar-refractivity contribution < 1.29 is 37.1 Å². The van der Waals surface area contributed by atoms with Crippen molar-refractivity contribution in [2.75, 3.05) is 13.7 Å². The summed E-state index contributed by atoms with van der Waals surface area (Å²) in [6.45, 7) is 5.52. The summed E-state index contributed by atoms with van der Waals surface area (Å²) in [5, 5.41) is 5.51. The van der Waals surface area contributed by atoms with Crippen LogP contribution in [0.4, 0.5) is 4.79 Å². The molecule has 2 aliphatic heterocycles. The summed E-state index contributed by atoms with van der Waals surface area (Å²) in [6, 6.07) is 3.99. The lowest BCUT2D eigenvalue weighted by molar-refractivity contribution is -0.141. The lowest BCUT2D eigenvalue weighted by Gasteiger charge is -2.30. The van der Waals surface area contributed by atoms with Gasteiger partial charge in [0, 0.05) is 18.5 Å². The lowest BCUT2D eigenvalue weighted by atomic mass is 10.0. The Hall–Kier alpha value is -3.61. The zero-order valence-electron chi connectivity index (χ0n) is 25.2. The molecular weight excluding hydrogens is 576 g/mol. The molecule has 2 fully saturated rings. The molecule has 0 aromatic heterocycles. The Balaban J connectivity index is 1.56. The summed E-state index contributed by atoms with van der Waals surface area (Å²) in [4.78, 5) is 54.8. The van der Waals surface area contributed by atoms with E-state index in [2.05, 4.69) is 15.4 Å². The van der Waals surface area contributed by atoms with Gasteiger partial charge in [0.1, 0.15) is 29.0 Å². The normalized spacial score (nSPS) is 26.6. The van der Waals surface area contributed by atoms with E-state index < -0.39 is 57.1 Å². The predicted octanol–water partition coefficient (Wildman–Crippen LogP) is 2.78. The van der Waals surface area contributed by atoms with E-state index in [-0.39, 0.29) is 17.2 Å². The van der Waals surface area contributed by atoms with Gasteiger partial charge in [0.05, 0.1) is 12.0 Å². The number of benzene rings is 1. The molecule has 4 rings (SSSR count). The first kappa shape index (κ1) is 32.3. The van der Waals surface area contributed by atoms with E-state index in [0.29, 0.717) is 44.4 Å². The summed E-state index contributed by atoms with van der Waals surface area (Å²) >= 11 is 0. The molecule has 3 N–H and O–H groups in total. The van der Waals surface area contributed by atoms with E-state index >= 15 is 0 Å². The van der Waals surface area contributed by atoms with Crippen LogP contribution in [0.2, 0.25) is 0 Å². The van der Waals surface area contributed by atoms with Gasteiger partial charge in [0.25, 0.3) is 15.9 Å². The fraction of sp³-hybridized carbons (Fsp3) is 0.600. The maximum Gasteiger partial charge on any atom is 0.408 e. The molecule has 2 heterocycles. The quantitative estimate of drug-likeness (QED) is 0.425. The van der Waals surface area contributed by atoms with Gasteiger partial charge in [0.2, 0.25) is 11.8 Å². The molecule has 12 nitrogen and oxygen atoms in total. The van der Waals surface area contributed by atoms with Crippen molar-refractivity contribution in [3.05, 3.63) is 36.4 Å². The van der Waals surface area contributed by atoms with Crippen LogP contribution >= 0.6 is 0 Å². The standard InChI is InChI=1S/C30H42N4O8S/c1-29(2,3)42-28(38)31-23-15-9-7-5-6-8-12-20-19-30(20,32-25(35)24-16-11-17-34(24)26(23)36)27(37)33-43(39,40)22-14-10-13-21(18-22)41-4/h8,10,12-14,18,20,23-24H,5-7,9,11,15-17,19H2,1-4H3,(H,31,38)(H,32,35)(H,33,37)/t20-,23+,24+,30-/m1/s1. The highest BCUT2D eigenvalue weighted by Crippen LogP contribution is 2.45. The number of hydrogen-bond acceptors (Lipinski definition) is 8. The summed E-state index contributed by atoms with van der Waals surface area (Å²) < 4.78 is 38.9. The minimum atomic E-state index is -4.27. The van der Waals surface area contributed by atoms with Crippen molar-refractivity contribution in [3.63, 3.8) is 0 Å². The van der Waals surface area contributed by atoms with E-state index in [1.807, 2.05) is 12.2 Å². The molecule has 1 aliphatic carbocycles. The lowest BCUT2D eigenvalue weighted by Crippen LogP contribution is -2.58. The van der Waals surface area contributed by atoms with Crippen molar-refractivity contribution in [1.82, 2.24) is 20.3 Å². The maximum absolute atomic E-state index is 13.7. The van der Waals surface area contributed by atoms with Crippen molar-refractivity contribution in [1.29, 1.82) is 0 Å². The topological polar surface area (TPSA) is 160 Å². The van der Waals surface area contributed by atoms with E-state index in [4.69, 9.17) is 9.47 Å². The Kier molecular flexibility index (Phi) is 9.73. The van der Waals surface area contributed by atoms with E-state index in [1.165, 1.54) is 30.2 Å². The molecule has 0 bridgehead atoms. The van der Waals surface area contributed by atoms with Crippen LogP contribution in [0.5, 0.6) is 5.75 Å². The molecule has 0 unspecified atom stereocenters. The second-order valence-electron chi connectivity index (χ2n) is 12.3. The van der Waals surface area contributed by atoms with Gasteiger partial charge in [-0.25, -0.2) is 17.9 Å². The number of allylic oxidation sites excluding steroid dienone is 1. The van der Waals surface area contributed by atoms with Crippen molar-refractivity contribution >= 4 is 33.8 Å². The maximum atomic E-state index is 13.7. The number of alkyl carbamates (subject to hydrolysis) is 1. The molecule has 1 saturated heterocycles. The van der Waals surface area contributed by atoms with Crippen LogP contribution in [0.15, 0.2) is 41.3 Å². The number of fused-ring (bicyclic) bond motifs is 2. The number of rotatable bonds is 5. The minimum absolute atomic E-state index is 0.149. The van der Waals surface area contributed by atoms with E-state index in [1.54, 1.807) is 26.8 Å². The van der Waals surface area contributed by atoms with Crippen molar-refractivity contribution in [2.45, 2.75) is 100 Å². The van der Waals surface area contributed by atoms with Gasteiger partial charge < -0.3 is 25.0 Å². The van der Waals surface area contributed by atoms with Crippen LogP contribution in [0.1, 0.15) is 72.1 Å². The number of methoxy groups -OCH3 is 1. The smallest absolute Gasteiger partial charge is 0.408 e. The second kappa shape index (κ2) is 12.9. The summed E-state index contributed by atoms with van der Waals surface area (Å²) in [6.07, 6.45) is 7.64. The number of hydrogen-bond donors (Lipinski definition) is 3. The Labute approximate surface area is 253 Å². The Morgan fingerprint density at radius 1 is 1.09 bits per heavy atom. The van der Waals surface area contributed by atoms with Gasteiger partial charge in [0.15, 0.2) is 0 Å².